The molecule has 2 aliphatic rings. The number of urea groups is 1. The minimum absolute atomic E-state index is 0.209. The van der Waals surface area contributed by atoms with Crippen molar-refractivity contribution >= 4 is 18.1 Å². The molecule has 2 rings (SSSR count). The van der Waals surface area contributed by atoms with E-state index in [-0.39, 0.29) is 19.0 Å². The summed E-state index contributed by atoms with van der Waals surface area (Å²) in [6.45, 7) is 10.3. The molecule has 1 atom stereocenters. The van der Waals surface area contributed by atoms with Gasteiger partial charge in [-0.15, -0.1) is 0 Å². The molecule has 0 saturated carbocycles. The summed E-state index contributed by atoms with van der Waals surface area (Å²) in [5.74, 6) is -1.28. The number of ether oxygens (including phenoxy) is 2. The van der Waals surface area contributed by atoms with Gasteiger partial charge in [0.15, 0.2) is 5.72 Å². The van der Waals surface area contributed by atoms with Gasteiger partial charge in [0, 0.05) is 13.6 Å². The van der Waals surface area contributed by atoms with Crippen LogP contribution in [0.2, 0.25) is 0 Å². The molecule has 0 aliphatic carbocycles. The molecule has 0 aromatic carbocycles. The number of aliphatic carboxylic acids is 1. The van der Waals surface area contributed by atoms with Gasteiger partial charge in [0.2, 0.25) is 0 Å². The molecule has 27 heavy (non-hydrogen) atoms. The number of carbonyl (C=O) groups is 3. The summed E-state index contributed by atoms with van der Waals surface area (Å²) in [5.41, 5.74) is -1.52. The monoisotopic (exact) mass is 385 g/mol. The molecule has 0 radical (unpaired) electrons. The number of amides is 3. The van der Waals surface area contributed by atoms with Gasteiger partial charge in [-0.25, -0.2) is 14.4 Å². The van der Waals surface area contributed by atoms with E-state index in [1.807, 2.05) is 0 Å². The predicted octanol–water partition coefficient (Wildman–Crippen LogP) is 1.82. The van der Waals surface area contributed by atoms with Gasteiger partial charge in [0.1, 0.15) is 11.6 Å². The van der Waals surface area contributed by atoms with Crippen LogP contribution in [0.15, 0.2) is 0 Å². The van der Waals surface area contributed by atoms with Crippen molar-refractivity contribution in [1.29, 1.82) is 0 Å². The Morgan fingerprint density at radius 3 is 2.30 bits per heavy atom. The molecule has 0 aromatic rings. The number of nitrogens with zero attached hydrogens (tertiary/aromatic N) is 3. The number of likely N-dealkylation sites (N-methyl/N-ethyl adjacent to an activating group) is 1. The quantitative estimate of drug-likeness (QED) is 0.795. The van der Waals surface area contributed by atoms with Crippen molar-refractivity contribution in [3.8, 4) is 0 Å². The average molecular weight is 385 g/mol. The molecule has 0 bridgehead atoms. The molecule has 1 spiro atoms. The number of hydrogen-bond donors (Lipinski definition) is 1. The van der Waals surface area contributed by atoms with E-state index in [2.05, 4.69) is 0 Å². The molecule has 9 heteroatoms. The van der Waals surface area contributed by atoms with E-state index in [0.717, 1.165) is 0 Å². The molecule has 2 saturated heterocycles. The van der Waals surface area contributed by atoms with Crippen molar-refractivity contribution in [3.63, 3.8) is 0 Å². The summed E-state index contributed by atoms with van der Waals surface area (Å²) in [4.78, 5) is 41.1. The second-order valence-electron chi connectivity index (χ2n) is 8.56. The Bertz CT molecular complexity index is 594. The molecule has 0 aromatic heterocycles. The summed E-state index contributed by atoms with van der Waals surface area (Å²) >= 11 is 0. The Labute approximate surface area is 160 Å². The van der Waals surface area contributed by atoms with Crippen molar-refractivity contribution in [2.24, 2.45) is 5.92 Å². The first kappa shape index (κ1) is 21.3. The summed E-state index contributed by atoms with van der Waals surface area (Å²) in [6, 6.07) is -1.34. The number of likely N-dealkylation sites (tertiary alicyclic amines) is 1. The molecule has 9 nitrogen and oxygen atoms in total. The Kier molecular flexibility index (Phi) is 5.94. The van der Waals surface area contributed by atoms with E-state index >= 15 is 0 Å². The predicted molar refractivity (Wildman–Crippen MR) is 97.2 cm³/mol. The lowest BCUT2D eigenvalue weighted by Crippen LogP contribution is -2.76. The van der Waals surface area contributed by atoms with Crippen molar-refractivity contribution < 1.29 is 29.0 Å². The first-order chi connectivity index (χ1) is 12.4. The fraction of sp³-hybridized carbons (Fsp3) is 0.833. The Balaban J connectivity index is 2.11. The van der Waals surface area contributed by atoms with Crippen LogP contribution in [-0.2, 0) is 14.3 Å². The van der Waals surface area contributed by atoms with Crippen LogP contribution in [0.1, 0.15) is 41.0 Å². The summed E-state index contributed by atoms with van der Waals surface area (Å²) < 4.78 is 11.2. The topological polar surface area (TPSA) is 99.6 Å². The van der Waals surface area contributed by atoms with Gasteiger partial charge in [0.25, 0.3) is 0 Å². The van der Waals surface area contributed by atoms with Crippen LogP contribution in [0.5, 0.6) is 0 Å². The zero-order chi connectivity index (χ0) is 20.6. The zero-order valence-electron chi connectivity index (χ0n) is 17.0. The van der Waals surface area contributed by atoms with Gasteiger partial charge >= 0.3 is 18.1 Å². The number of hydrogen-bond acceptors (Lipinski definition) is 5. The first-order valence-corrected chi connectivity index (χ1v) is 9.27. The minimum atomic E-state index is -1.04. The van der Waals surface area contributed by atoms with Crippen molar-refractivity contribution in [3.05, 3.63) is 0 Å². The molecule has 2 heterocycles. The molecule has 1 unspecified atom stereocenters. The number of carbonyl (C=O) groups excluding carboxylic acids is 2. The second-order valence-corrected chi connectivity index (χ2v) is 8.56. The van der Waals surface area contributed by atoms with Gasteiger partial charge in [0.05, 0.1) is 19.7 Å². The first-order valence-electron chi connectivity index (χ1n) is 9.27. The molecule has 3 amide bonds. The van der Waals surface area contributed by atoms with E-state index < -0.39 is 35.5 Å². The van der Waals surface area contributed by atoms with Crippen LogP contribution in [0.3, 0.4) is 0 Å². The van der Waals surface area contributed by atoms with Gasteiger partial charge in [-0.05, 0) is 33.1 Å². The lowest BCUT2D eigenvalue weighted by molar-refractivity contribution is -0.230. The summed E-state index contributed by atoms with van der Waals surface area (Å²) in [5, 5.41) is 9.47. The number of carboxylic acids is 1. The van der Waals surface area contributed by atoms with Crippen molar-refractivity contribution in [2.45, 2.75) is 58.4 Å². The van der Waals surface area contributed by atoms with Crippen LogP contribution in [-0.4, -0.2) is 88.6 Å². The number of rotatable bonds is 3. The average Bonchev–Trinajstić information content (AvgIpc) is 2.49. The second kappa shape index (κ2) is 7.53. The fourth-order valence-corrected chi connectivity index (χ4v) is 3.51. The summed E-state index contributed by atoms with van der Waals surface area (Å²) in [7, 11) is 1.49. The Hall–Kier alpha value is -2.03. The highest BCUT2D eigenvalue weighted by Gasteiger charge is 2.55. The molecule has 2 fully saturated rings. The van der Waals surface area contributed by atoms with Crippen LogP contribution in [0.4, 0.5) is 9.59 Å². The molecular formula is C18H31N3O6. The maximum absolute atomic E-state index is 13.0. The lowest BCUT2D eigenvalue weighted by atomic mass is 9.99. The minimum Gasteiger partial charge on any atom is -0.480 e. The third-order valence-electron chi connectivity index (χ3n) is 4.75. The SMILES string of the molecule is CC(C)C(C(=O)O)N(C)C(=O)N1CCCOC12CN(C(=O)OC(C)(C)C)C2. The van der Waals surface area contributed by atoms with Crippen molar-refractivity contribution in [1.82, 2.24) is 14.7 Å². The molecule has 154 valence electrons. The van der Waals surface area contributed by atoms with E-state index in [9.17, 15) is 19.5 Å². The number of carboxylic acid groups (broad SMARTS) is 1. The third-order valence-corrected chi connectivity index (χ3v) is 4.75. The fourth-order valence-electron chi connectivity index (χ4n) is 3.51. The van der Waals surface area contributed by atoms with E-state index in [1.54, 1.807) is 39.5 Å². The maximum atomic E-state index is 13.0. The zero-order valence-corrected chi connectivity index (χ0v) is 17.0. The van der Waals surface area contributed by atoms with Crippen molar-refractivity contribution in [2.75, 3.05) is 33.3 Å². The highest BCUT2D eigenvalue weighted by Crippen LogP contribution is 2.34. The van der Waals surface area contributed by atoms with E-state index in [4.69, 9.17) is 9.47 Å². The smallest absolute Gasteiger partial charge is 0.410 e. The standard InChI is InChI=1S/C18H31N3O6/c1-12(2)13(14(22)23)19(6)15(24)21-8-7-9-26-18(21)10-20(11-18)16(25)27-17(3,4)5/h12-13H,7-11H2,1-6H3,(H,22,23). The van der Waals surface area contributed by atoms with Gasteiger partial charge in [-0.1, -0.05) is 13.8 Å². The van der Waals surface area contributed by atoms with Gasteiger partial charge in [-0.2, -0.15) is 0 Å². The van der Waals surface area contributed by atoms with Crippen LogP contribution in [0.25, 0.3) is 0 Å². The van der Waals surface area contributed by atoms with Gasteiger partial charge < -0.3 is 19.5 Å². The van der Waals surface area contributed by atoms with Gasteiger partial charge in [-0.3, -0.25) is 9.80 Å². The Morgan fingerprint density at radius 1 is 1.22 bits per heavy atom. The normalized spacial score (nSPS) is 20.3. The highest BCUT2D eigenvalue weighted by atomic mass is 16.6. The van der Waals surface area contributed by atoms with Crippen LogP contribution < -0.4 is 0 Å². The maximum Gasteiger partial charge on any atom is 0.410 e. The van der Waals surface area contributed by atoms with E-state index in [0.29, 0.717) is 19.6 Å². The van der Waals surface area contributed by atoms with Crippen LogP contribution in [0, 0.1) is 5.92 Å². The highest BCUT2D eigenvalue weighted by molar-refractivity contribution is 5.83. The van der Waals surface area contributed by atoms with Crippen LogP contribution >= 0.6 is 0 Å². The summed E-state index contributed by atoms with van der Waals surface area (Å²) in [6.07, 6.45) is 0.210. The molecule has 1 N–H and O–H groups in total. The largest absolute Gasteiger partial charge is 0.480 e. The van der Waals surface area contributed by atoms with E-state index in [1.165, 1.54) is 16.8 Å². The molecular weight excluding hydrogens is 354 g/mol. The molecule has 2 aliphatic heterocycles. The Morgan fingerprint density at radius 2 is 1.81 bits per heavy atom. The third kappa shape index (κ3) is 4.45. The lowest BCUT2D eigenvalue weighted by Gasteiger charge is -2.57.